The van der Waals surface area contributed by atoms with Gasteiger partial charge in [-0.05, 0) is 43.8 Å². The Morgan fingerprint density at radius 2 is 2.05 bits per heavy atom. The second-order valence-corrected chi connectivity index (χ2v) is 4.64. The third-order valence-corrected chi connectivity index (χ3v) is 3.24. The molecule has 3 aromatic rings. The highest BCUT2D eigenvalue weighted by molar-refractivity contribution is 5.76. The smallest absolute Gasteiger partial charge is 0.227 e. The molecule has 0 saturated heterocycles. The van der Waals surface area contributed by atoms with Gasteiger partial charge in [0.2, 0.25) is 5.89 Å². The van der Waals surface area contributed by atoms with E-state index in [4.69, 9.17) is 4.42 Å². The highest BCUT2D eigenvalue weighted by atomic mass is 19.1. The van der Waals surface area contributed by atoms with Gasteiger partial charge in [-0.3, -0.25) is 0 Å². The number of aromatic nitrogens is 1. The number of rotatable bonds is 4. The van der Waals surface area contributed by atoms with Crippen molar-refractivity contribution in [2.45, 2.75) is 6.42 Å². The van der Waals surface area contributed by atoms with Crippen molar-refractivity contribution in [2.75, 3.05) is 13.6 Å². The molecule has 0 bridgehead atoms. The second-order valence-electron chi connectivity index (χ2n) is 4.64. The van der Waals surface area contributed by atoms with E-state index in [2.05, 4.69) is 16.4 Å². The van der Waals surface area contributed by atoms with Crippen LogP contribution in [0.15, 0.2) is 46.9 Å². The first-order valence-corrected chi connectivity index (χ1v) is 6.57. The maximum Gasteiger partial charge on any atom is 0.227 e. The summed E-state index contributed by atoms with van der Waals surface area (Å²) in [6.45, 7) is 0.881. The fourth-order valence-corrected chi connectivity index (χ4v) is 2.22. The van der Waals surface area contributed by atoms with Crippen molar-refractivity contribution in [2.24, 2.45) is 0 Å². The predicted octanol–water partition coefficient (Wildman–Crippen LogP) is 3.40. The van der Waals surface area contributed by atoms with Crippen molar-refractivity contribution in [3.05, 3.63) is 53.8 Å². The number of nitrogens with zero attached hydrogens (tertiary/aromatic N) is 1. The molecular formula is C16H15FN2O. The average molecular weight is 270 g/mol. The number of benzene rings is 2. The average Bonchev–Trinajstić information content (AvgIpc) is 2.88. The van der Waals surface area contributed by atoms with E-state index in [1.807, 2.05) is 25.2 Å². The predicted molar refractivity (Wildman–Crippen MR) is 77.0 cm³/mol. The van der Waals surface area contributed by atoms with Crippen LogP contribution in [0.5, 0.6) is 0 Å². The SMILES string of the molecule is CNCCc1ccccc1-c1nc2cc(F)ccc2o1. The van der Waals surface area contributed by atoms with E-state index in [1.54, 1.807) is 6.07 Å². The first kappa shape index (κ1) is 12.8. The van der Waals surface area contributed by atoms with Gasteiger partial charge in [-0.2, -0.15) is 0 Å². The molecule has 2 aromatic carbocycles. The van der Waals surface area contributed by atoms with Crippen LogP contribution in [-0.4, -0.2) is 18.6 Å². The highest BCUT2D eigenvalue weighted by Crippen LogP contribution is 2.27. The molecular weight excluding hydrogens is 255 g/mol. The Labute approximate surface area is 116 Å². The van der Waals surface area contributed by atoms with Crippen molar-refractivity contribution >= 4 is 11.1 Å². The molecule has 1 aromatic heterocycles. The minimum atomic E-state index is -0.305. The van der Waals surface area contributed by atoms with Gasteiger partial charge < -0.3 is 9.73 Å². The van der Waals surface area contributed by atoms with Gasteiger partial charge in [0.1, 0.15) is 11.3 Å². The lowest BCUT2D eigenvalue weighted by Gasteiger charge is -2.05. The molecule has 0 aliphatic rings. The summed E-state index contributed by atoms with van der Waals surface area (Å²) in [4.78, 5) is 4.39. The van der Waals surface area contributed by atoms with Crippen LogP contribution in [0.4, 0.5) is 4.39 Å². The van der Waals surface area contributed by atoms with Crippen molar-refractivity contribution in [1.29, 1.82) is 0 Å². The highest BCUT2D eigenvalue weighted by Gasteiger charge is 2.12. The number of oxazole rings is 1. The molecule has 3 rings (SSSR count). The molecule has 4 heteroatoms. The van der Waals surface area contributed by atoms with Gasteiger partial charge in [-0.25, -0.2) is 9.37 Å². The normalized spacial score (nSPS) is 11.1. The van der Waals surface area contributed by atoms with Crippen LogP contribution >= 0.6 is 0 Å². The standard InChI is InChI=1S/C16H15FN2O/c1-18-9-8-11-4-2-3-5-13(11)16-19-14-10-12(17)6-7-15(14)20-16/h2-7,10,18H,8-9H2,1H3. The summed E-state index contributed by atoms with van der Waals surface area (Å²) in [5.41, 5.74) is 3.27. The van der Waals surface area contributed by atoms with Crippen LogP contribution in [0.2, 0.25) is 0 Å². The van der Waals surface area contributed by atoms with Gasteiger partial charge in [0.05, 0.1) is 0 Å². The molecule has 102 valence electrons. The zero-order valence-corrected chi connectivity index (χ0v) is 11.2. The molecule has 20 heavy (non-hydrogen) atoms. The van der Waals surface area contributed by atoms with Gasteiger partial charge in [-0.15, -0.1) is 0 Å². The zero-order chi connectivity index (χ0) is 13.9. The monoisotopic (exact) mass is 270 g/mol. The number of hydrogen-bond donors (Lipinski definition) is 1. The van der Waals surface area contributed by atoms with E-state index >= 15 is 0 Å². The molecule has 0 fully saturated rings. The van der Waals surface area contributed by atoms with Crippen LogP contribution < -0.4 is 5.32 Å². The molecule has 0 saturated carbocycles. The quantitative estimate of drug-likeness (QED) is 0.789. The van der Waals surface area contributed by atoms with Crippen molar-refractivity contribution in [3.8, 4) is 11.5 Å². The number of nitrogens with one attached hydrogen (secondary N) is 1. The summed E-state index contributed by atoms with van der Waals surface area (Å²) >= 11 is 0. The molecule has 1 N–H and O–H groups in total. The molecule has 0 radical (unpaired) electrons. The Morgan fingerprint density at radius 3 is 2.90 bits per heavy atom. The van der Waals surface area contributed by atoms with Crippen LogP contribution in [0.25, 0.3) is 22.6 Å². The summed E-state index contributed by atoms with van der Waals surface area (Å²) in [5, 5.41) is 3.13. The van der Waals surface area contributed by atoms with Gasteiger partial charge in [0.15, 0.2) is 5.58 Å². The van der Waals surface area contributed by atoms with E-state index in [-0.39, 0.29) is 5.82 Å². The largest absolute Gasteiger partial charge is 0.436 e. The number of likely N-dealkylation sites (N-methyl/N-ethyl adjacent to an activating group) is 1. The fraction of sp³-hybridized carbons (Fsp3) is 0.188. The maximum absolute atomic E-state index is 13.2. The van der Waals surface area contributed by atoms with E-state index < -0.39 is 0 Å². The summed E-state index contributed by atoms with van der Waals surface area (Å²) in [5.74, 6) is 0.234. The molecule has 3 nitrogen and oxygen atoms in total. The molecule has 0 aliphatic carbocycles. The Balaban J connectivity index is 2.06. The van der Waals surface area contributed by atoms with Gasteiger partial charge >= 0.3 is 0 Å². The van der Waals surface area contributed by atoms with Crippen molar-refractivity contribution in [1.82, 2.24) is 10.3 Å². The summed E-state index contributed by atoms with van der Waals surface area (Å²) in [6, 6.07) is 12.4. The zero-order valence-electron chi connectivity index (χ0n) is 11.2. The molecule has 0 atom stereocenters. The van der Waals surface area contributed by atoms with Crippen LogP contribution in [0.3, 0.4) is 0 Å². The lowest BCUT2D eigenvalue weighted by atomic mass is 10.0. The Morgan fingerprint density at radius 1 is 1.20 bits per heavy atom. The van der Waals surface area contributed by atoms with E-state index in [0.717, 1.165) is 24.1 Å². The Bertz CT molecular complexity index is 736. The number of halogens is 1. The minimum Gasteiger partial charge on any atom is -0.436 e. The molecule has 0 spiro atoms. The topological polar surface area (TPSA) is 38.1 Å². The van der Waals surface area contributed by atoms with Gasteiger partial charge in [0, 0.05) is 11.6 Å². The third kappa shape index (κ3) is 2.42. The Kier molecular flexibility index (Phi) is 3.48. The molecule has 0 aliphatic heterocycles. The minimum absolute atomic E-state index is 0.305. The Hall–Kier alpha value is -2.20. The number of fused-ring (bicyclic) bond motifs is 1. The molecule has 0 unspecified atom stereocenters. The van der Waals surface area contributed by atoms with E-state index in [9.17, 15) is 4.39 Å². The van der Waals surface area contributed by atoms with Crippen molar-refractivity contribution in [3.63, 3.8) is 0 Å². The van der Waals surface area contributed by atoms with Crippen LogP contribution in [0, 0.1) is 5.82 Å². The second kappa shape index (κ2) is 5.43. The first-order valence-electron chi connectivity index (χ1n) is 6.57. The van der Waals surface area contributed by atoms with Crippen molar-refractivity contribution < 1.29 is 8.81 Å². The summed E-state index contributed by atoms with van der Waals surface area (Å²) < 4.78 is 18.9. The fourth-order valence-electron chi connectivity index (χ4n) is 2.22. The third-order valence-electron chi connectivity index (χ3n) is 3.24. The number of hydrogen-bond acceptors (Lipinski definition) is 3. The van der Waals surface area contributed by atoms with Gasteiger partial charge in [-0.1, -0.05) is 18.2 Å². The lowest BCUT2D eigenvalue weighted by Crippen LogP contribution is -2.10. The van der Waals surface area contributed by atoms with Gasteiger partial charge in [0.25, 0.3) is 0 Å². The van der Waals surface area contributed by atoms with E-state index in [1.165, 1.54) is 12.1 Å². The molecule has 1 heterocycles. The van der Waals surface area contributed by atoms with Crippen LogP contribution in [0.1, 0.15) is 5.56 Å². The molecule has 0 amide bonds. The first-order chi connectivity index (χ1) is 9.78. The summed E-state index contributed by atoms with van der Waals surface area (Å²) in [6.07, 6.45) is 0.889. The summed E-state index contributed by atoms with van der Waals surface area (Å²) in [7, 11) is 1.92. The lowest BCUT2D eigenvalue weighted by molar-refractivity contribution is 0.613. The van der Waals surface area contributed by atoms with E-state index in [0.29, 0.717) is 17.0 Å². The maximum atomic E-state index is 13.2. The van der Waals surface area contributed by atoms with Crippen LogP contribution in [-0.2, 0) is 6.42 Å².